The molecule has 0 radical (unpaired) electrons. The number of nitrogens with zero attached hydrogens (tertiary/aromatic N) is 2. The van der Waals surface area contributed by atoms with Crippen molar-refractivity contribution in [1.82, 2.24) is 10.2 Å². The van der Waals surface area contributed by atoms with Crippen molar-refractivity contribution in [2.75, 3.05) is 5.32 Å². The summed E-state index contributed by atoms with van der Waals surface area (Å²) in [7, 11) is 0. The fraction of sp³-hybridized carbons (Fsp3) is 0.143. The molecule has 0 saturated carbocycles. The standard InChI is InChI=1S/C7H7N3S2/c1-2-6(11-3-1)4-8-7-10-9-5-12-7/h1-3,5H,4H2,(H,8,10). The molecule has 62 valence electrons. The Balaban J connectivity index is 1.91. The van der Waals surface area contributed by atoms with Gasteiger partial charge in [0.15, 0.2) is 0 Å². The Morgan fingerprint density at radius 1 is 1.42 bits per heavy atom. The van der Waals surface area contributed by atoms with Crippen LogP contribution in [-0.2, 0) is 6.54 Å². The van der Waals surface area contributed by atoms with Gasteiger partial charge in [-0.25, -0.2) is 0 Å². The van der Waals surface area contributed by atoms with E-state index in [0.29, 0.717) is 0 Å². The minimum absolute atomic E-state index is 0.840. The number of thiophene rings is 1. The normalized spacial score (nSPS) is 10.0. The lowest BCUT2D eigenvalue weighted by Gasteiger charge is -1.96. The van der Waals surface area contributed by atoms with Crippen LogP contribution in [0.3, 0.4) is 0 Å². The molecule has 3 nitrogen and oxygen atoms in total. The molecule has 0 aliphatic rings. The number of hydrogen-bond donors (Lipinski definition) is 1. The molecule has 0 aromatic carbocycles. The van der Waals surface area contributed by atoms with E-state index >= 15 is 0 Å². The van der Waals surface area contributed by atoms with E-state index in [1.807, 2.05) is 6.07 Å². The smallest absolute Gasteiger partial charge is 0.205 e. The van der Waals surface area contributed by atoms with Crippen LogP contribution in [0.15, 0.2) is 23.0 Å². The third-order valence-electron chi connectivity index (χ3n) is 1.35. The van der Waals surface area contributed by atoms with Crippen molar-refractivity contribution in [3.05, 3.63) is 27.9 Å². The van der Waals surface area contributed by atoms with E-state index in [4.69, 9.17) is 0 Å². The Hall–Kier alpha value is -0.940. The van der Waals surface area contributed by atoms with Crippen LogP contribution in [-0.4, -0.2) is 10.2 Å². The van der Waals surface area contributed by atoms with E-state index in [1.54, 1.807) is 16.8 Å². The maximum atomic E-state index is 3.88. The highest BCUT2D eigenvalue weighted by Gasteiger charge is 1.95. The van der Waals surface area contributed by atoms with Gasteiger partial charge in [-0.2, -0.15) is 0 Å². The molecule has 0 atom stereocenters. The van der Waals surface area contributed by atoms with Gasteiger partial charge >= 0.3 is 0 Å². The van der Waals surface area contributed by atoms with Crippen LogP contribution in [0.5, 0.6) is 0 Å². The van der Waals surface area contributed by atoms with Gasteiger partial charge in [-0.3, -0.25) is 0 Å². The molecule has 12 heavy (non-hydrogen) atoms. The Morgan fingerprint density at radius 3 is 3.08 bits per heavy atom. The van der Waals surface area contributed by atoms with Crippen LogP contribution in [0, 0.1) is 0 Å². The highest BCUT2D eigenvalue weighted by atomic mass is 32.1. The molecule has 0 bridgehead atoms. The highest BCUT2D eigenvalue weighted by Crippen LogP contribution is 2.13. The van der Waals surface area contributed by atoms with E-state index in [1.165, 1.54) is 16.2 Å². The summed E-state index contributed by atoms with van der Waals surface area (Å²) in [5.41, 5.74) is 1.72. The Morgan fingerprint density at radius 2 is 2.42 bits per heavy atom. The number of anilines is 1. The van der Waals surface area contributed by atoms with Crippen molar-refractivity contribution in [2.24, 2.45) is 0 Å². The molecule has 2 heterocycles. The zero-order valence-corrected chi connectivity index (χ0v) is 7.86. The molecular formula is C7H7N3S2. The first-order valence-corrected chi connectivity index (χ1v) is 5.23. The van der Waals surface area contributed by atoms with Crippen LogP contribution in [0.25, 0.3) is 0 Å². The van der Waals surface area contributed by atoms with Crippen molar-refractivity contribution < 1.29 is 0 Å². The van der Waals surface area contributed by atoms with Crippen molar-refractivity contribution in [1.29, 1.82) is 0 Å². The van der Waals surface area contributed by atoms with E-state index < -0.39 is 0 Å². The summed E-state index contributed by atoms with van der Waals surface area (Å²) in [6.07, 6.45) is 0. The molecule has 0 unspecified atom stereocenters. The molecule has 2 aromatic heterocycles. The van der Waals surface area contributed by atoms with Crippen LogP contribution < -0.4 is 5.32 Å². The van der Waals surface area contributed by atoms with Crippen molar-refractivity contribution >= 4 is 27.8 Å². The second kappa shape index (κ2) is 3.64. The Labute approximate surface area is 78.1 Å². The largest absolute Gasteiger partial charge is 0.355 e. The topological polar surface area (TPSA) is 37.8 Å². The van der Waals surface area contributed by atoms with Gasteiger partial charge < -0.3 is 5.32 Å². The van der Waals surface area contributed by atoms with Gasteiger partial charge in [0.25, 0.3) is 0 Å². The first-order chi connectivity index (χ1) is 5.95. The zero-order valence-electron chi connectivity index (χ0n) is 6.23. The molecule has 0 spiro atoms. The van der Waals surface area contributed by atoms with E-state index in [9.17, 15) is 0 Å². The van der Waals surface area contributed by atoms with E-state index in [-0.39, 0.29) is 0 Å². The number of aromatic nitrogens is 2. The second-order valence-corrected chi connectivity index (χ2v) is 4.04. The summed E-state index contributed by atoms with van der Waals surface area (Å²) >= 11 is 3.25. The maximum Gasteiger partial charge on any atom is 0.205 e. The fourth-order valence-electron chi connectivity index (χ4n) is 0.826. The van der Waals surface area contributed by atoms with Crippen LogP contribution in [0.2, 0.25) is 0 Å². The number of rotatable bonds is 3. The molecule has 0 saturated heterocycles. The molecular weight excluding hydrogens is 190 g/mol. The predicted molar refractivity (Wildman–Crippen MR) is 51.6 cm³/mol. The lowest BCUT2D eigenvalue weighted by molar-refractivity contribution is 1.06. The van der Waals surface area contributed by atoms with Gasteiger partial charge in [0.2, 0.25) is 5.13 Å². The van der Waals surface area contributed by atoms with E-state index in [2.05, 4.69) is 27.0 Å². The first kappa shape index (κ1) is 7.70. The van der Waals surface area contributed by atoms with Crippen LogP contribution in [0.1, 0.15) is 4.88 Å². The SMILES string of the molecule is c1csc(CNc2nncs2)c1. The van der Waals surface area contributed by atoms with Gasteiger partial charge in [0.05, 0.1) is 6.54 Å². The van der Waals surface area contributed by atoms with E-state index in [0.717, 1.165) is 11.7 Å². The molecule has 2 aromatic rings. The summed E-state index contributed by atoms with van der Waals surface area (Å²) in [5, 5.41) is 13.7. The first-order valence-electron chi connectivity index (χ1n) is 3.47. The predicted octanol–water partition coefficient (Wildman–Crippen LogP) is 2.21. The van der Waals surface area contributed by atoms with Crippen LogP contribution in [0.4, 0.5) is 5.13 Å². The lowest BCUT2D eigenvalue weighted by atomic mass is 10.5. The molecule has 0 fully saturated rings. The van der Waals surface area contributed by atoms with Gasteiger partial charge in [0.1, 0.15) is 5.51 Å². The van der Waals surface area contributed by atoms with Gasteiger partial charge in [-0.15, -0.1) is 21.5 Å². The molecule has 0 aliphatic heterocycles. The summed E-state index contributed by atoms with van der Waals surface area (Å²) in [4.78, 5) is 1.31. The fourth-order valence-corrected chi connectivity index (χ4v) is 1.91. The summed E-state index contributed by atoms with van der Waals surface area (Å²) in [5.74, 6) is 0. The maximum absolute atomic E-state index is 3.88. The third kappa shape index (κ3) is 1.80. The van der Waals surface area contributed by atoms with Crippen molar-refractivity contribution in [3.63, 3.8) is 0 Å². The second-order valence-electron chi connectivity index (χ2n) is 2.18. The third-order valence-corrected chi connectivity index (χ3v) is 2.88. The van der Waals surface area contributed by atoms with Gasteiger partial charge in [-0.05, 0) is 11.4 Å². The Bertz CT molecular complexity index is 280. The number of hydrogen-bond acceptors (Lipinski definition) is 5. The van der Waals surface area contributed by atoms with Gasteiger partial charge in [0, 0.05) is 4.88 Å². The minimum atomic E-state index is 0.840. The molecule has 2 rings (SSSR count). The molecule has 5 heteroatoms. The highest BCUT2D eigenvalue weighted by molar-refractivity contribution is 7.13. The summed E-state index contributed by atoms with van der Waals surface area (Å²) in [6, 6.07) is 4.14. The van der Waals surface area contributed by atoms with Gasteiger partial charge in [-0.1, -0.05) is 17.4 Å². The summed E-state index contributed by atoms with van der Waals surface area (Å²) < 4.78 is 0. The molecule has 0 aliphatic carbocycles. The average Bonchev–Trinajstić information content (AvgIpc) is 2.74. The summed E-state index contributed by atoms with van der Waals surface area (Å²) in [6.45, 7) is 0.840. The average molecular weight is 197 g/mol. The lowest BCUT2D eigenvalue weighted by Crippen LogP contribution is -1.96. The van der Waals surface area contributed by atoms with Crippen LogP contribution >= 0.6 is 22.7 Å². The minimum Gasteiger partial charge on any atom is -0.355 e. The molecule has 1 N–H and O–H groups in total. The monoisotopic (exact) mass is 197 g/mol. The number of nitrogens with one attached hydrogen (secondary N) is 1. The quantitative estimate of drug-likeness (QED) is 0.819. The van der Waals surface area contributed by atoms with Crippen molar-refractivity contribution in [3.8, 4) is 0 Å². The zero-order chi connectivity index (χ0) is 8.23. The Kier molecular flexibility index (Phi) is 2.33. The van der Waals surface area contributed by atoms with Crippen molar-refractivity contribution in [2.45, 2.75) is 6.54 Å². The molecule has 0 amide bonds.